The Labute approximate surface area is 48.8 Å². The Hall–Kier alpha value is -0.160. The van der Waals surface area contributed by atoms with Crippen LogP contribution in [0.5, 0.6) is 0 Å². The van der Waals surface area contributed by atoms with Crippen molar-refractivity contribution in [2.45, 2.75) is 0 Å². The van der Waals surface area contributed by atoms with Crippen LogP contribution in [-0.2, 0) is 0 Å². The molecule has 7 heavy (non-hydrogen) atoms. The Morgan fingerprint density at radius 3 is 2.71 bits per heavy atom. The lowest BCUT2D eigenvalue weighted by Crippen LogP contribution is -2.05. The summed E-state index contributed by atoms with van der Waals surface area (Å²) in [5, 5.41) is 7.61. The van der Waals surface area contributed by atoms with Crippen molar-refractivity contribution >= 4 is 32.3 Å². The highest BCUT2D eigenvalue weighted by atomic mass is 33.1. The van der Waals surface area contributed by atoms with E-state index < -0.39 is 9.93 Å². The van der Waals surface area contributed by atoms with Crippen LogP contribution in [0.3, 0.4) is 0 Å². The molecule has 40 valence electrons. The third-order valence-corrected chi connectivity index (χ3v) is 2.36. The van der Waals surface area contributed by atoms with Crippen LogP contribution in [0.25, 0.3) is 0 Å². The monoisotopic (exact) mass is 135 g/mol. The second kappa shape index (κ2) is 1.75. The maximum Gasteiger partial charge on any atom is 0.174 e. The molecular formula is C2H5N3S2. The molecule has 0 aromatic heterocycles. The van der Waals surface area contributed by atoms with Crippen LogP contribution in [0, 0.1) is 0 Å². The summed E-state index contributed by atoms with van der Waals surface area (Å²) in [6.45, 7) is 0. The number of thiol groups is 2. The first-order chi connectivity index (χ1) is 3.30. The van der Waals surface area contributed by atoms with Crippen LogP contribution < -0.4 is 5.73 Å². The molecule has 0 bridgehead atoms. The van der Waals surface area contributed by atoms with Gasteiger partial charge in [-0.25, -0.2) is 0 Å². The van der Waals surface area contributed by atoms with Crippen molar-refractivity contribution < 1.29 is 0 Å². The lowest BCUT2D eigenvalue weighted by Gasteiger charge is -1.96. The maximum atomic E-state index is 5.26. The summed E-state index contributed by atoms with van der Waals surface area (Å²) in [5.41, 5.74) is 6.90. The van der Waals surface area contributed by atoms with Crippen LogP contribution in [0.1, 0.15) is 0 Å². The summed E-state index contributed by atoms with van der Waals surface area (Å²) >= 11 is 4.05. The van der Waals surface area contributed by atoms with Crippen LogP contribution in [0.15, 0.2) is 10.2 Å². The fourth-order valence-electron chi connectivity index (χ4n) is 0.239. The van der Waals surface area contributed by atoms with E-state index in [0.717, 1.165) is 0 Å². The molecule has 0 saturated heterocycles. The normalized spacial score (nSPS) is 33.3. The molecule has 1 rings (SSSR count). The van der Waals surface area contributed by atoms with Gasteiger partial charge in [0, 0.05) is 0 Å². The summed E-state index contributed by atoms with van der Waals surface area (Å²) in [6, 6.07) is 0. The summed E-state index contributed by atoms with van der Waals surface area (Å²) in [5.74, 6) is 0. The molecule has 1 unspecified atom stereocenters. The summed E-state index contributed by atoms with van der Waals surface area (Å²) in [4.78, 5) is 0. The molecule has 0 radical (unpaired) electrons. The zero-order valence-corrected chi connectivity index (χ0v) is 5.23. The average molecular weight is 135 g/mol. The van der Waals surface area contributed by atoms with Crippen LogP contribution in [0.4, 0.5) is 0 Å². The molecule has 1 aliphatic heterocycles. The summed E-state index contributed by atoms with van der Waals surface area (Å²) in [7, 11) is -0.596. The van der Waals surface area contributed by atoms with Gasteiger partial charge in [0.15, 0.2) is 5.17 Å². The van der Waals surface area contributed by atoms with E-state index in [1.807, 2.05) is 0 Å². The Balaban J connectivity index is 2.69. The molecule has 0 spiro atoms. The van der Waals surface area contributed by atoms with Gasteiger partial charge in [-0.1, -0.05) is 0 Å². The van der Waals surface area contributed by atoms with Gasteiger partial charge in [0.1, 0.15) is 0 Å². The lowest BCUT2D eigenvalue weighted by molar-refractivity contribution is 1.27. The van der Waals surface area contributed by atoms with Crippen molar-refractivity contribution in [1.29, 1.82) is 0 Å². The number of nitrogens with zero attached hydrogens (tertiary/aromatic N) is 2. The predicted molar refractivity (Wildman–Crippen MR) is 38.1 cm³/mol. The maximum absolute atomic E-state index is 5.26. The molecule has 0 saturated carbocycles. The molecule has 0 amide bonds. The molecule has 3 nitrogen and oxygen atoms in total. The van der Waals surface area contributed by atoms with E-state index in [1.165, 1.54) is 0 Å². The topological polar surface area (TPSA) is 50.7 Å². The van der Waals surface area contributed by atoms with Gasteiger partial charge in [-0.15, -0.1) is 26.7 Å². The van der Waals surface area contributed by atoms with Gasteiger partial charge in [0.05, 0.1) is 5.55 Å². The van der Waals surface area contributed by atoms with E-state index in [9.17, 15) is 0 Å². The molecule has 0 aromatic rings. The number of hydrogen-bond donors (Lipinski definition) is 3. The van der Waals surface area contributed by atoms with E-state index >= 15 is 0 Å². The van der Waals surface area contributed by atoms with Gasteiger partial charge in [-0.2, -0.15) is 5.10 Å². The number of amidine groups is 1. The fraction of sp³-hybridized carbons (Fsp3) is 0. The Bertz CT molecular complexity index is 129. The van der Waals surface area contributed by atoms with Crippen molar-refractivity contribution in [3.8, 4) is 0 Å². The van der Waals surface area contributed by atoms with Gasteiger partial charge in [0.2, 0.25) is 0 Å². The van der Waals surface area contributed by atoms with Crippen molar-refractivity contribution in [3.63, 3.8) is 0 Å². The minimum absolute atomic E-state index is 0.540. The zero-order valence-electron chi connectivity index (χ0n) is 3.44. The molecule has 1 atom stereocenters. The average Bonchev–Trinajstić information content (AvgIpc) is 1.91. The summed E-state index contributed by atoms with van der Waals surface area (Å²) < 4.78 is 0. The molecule has 2 N–H and O–H groups in total. The molecule has 0 fully saturated rings. The minimum Gasteiger partial charge on any atom is -0.377 e. The third-order valence-electron chi connectivity index (χ3n) is 0.556. The van der Waals surface area contributed by atoms with Crippen LogP contribution >= 0.6 is 21.6 Å². The van der Waals surface area contributed by atoms with Gasteiger partial charge >= 0.3 is 0 Å². The van der Waals surface area contributed by atoms with E-state index in [-0.39, 0.29) is 0 Å². The molecule has 5 heteroatoms. The van der Waals surface area contributed by atoms with Gasteiger partial charge in [0.25, 0.3) is 0 Å². The largest absolute Gasteiger partial charge is 0.377 e. The molecular weight excluding hydrogens is 130 g/mol. The first-order valence-corrected chi connectivity index (χ1v) is 4.22. The van der Waals surface area contributed by atoms with Gasteiger partial charge in [-0.05, 0) is 0 Å². The quantitative estimate of drug-likeness (QED) is 0.320. The Kier molecular flexibility index (Phi) is 1.25. The van der Waals surface area contributed by atoms with E-state index in [2.05, 4.69) is 21.9 Å². The van der Waals surface area contributed by atoms with Crippen molar-refractivity contribution in [1.82, 2.24) is 0 Å². The summed E-state index contributed by atoms with van der Waals surface area (Å²) in [6.07, 6.45) is 0. The smallest absolute Gasteiger partial charge is 0.174 e. The lowest BCUT2D eigenvalue weighted by atomic mass is 11.4. The number of hydrogen-bond acceptors (Lipinski definition) is 4. The number of nitrogens with two attached hydrogens (primary N) is 1. The predicted octanol–water partition coefficient (Wildman–Crippen LogP) is 0.104. The van der Waals surface area contributed by atoms with Crippen LogP contribution in [-0.4, -0.2) is 10.7 Å². The van der Waals surface area contributed by atoms with E-state index in [1.54, 1.807) is 5.55 Å². The Morgan fingerprint density at radius 2 is 2.57 bits per heavy atom. The van der Waals surface area contributed by atoms with Crippen molar-refractivity contribution in [2.75, 3.05) is 0 Å². The first kappa shape index (κ1) is 4.99. The highest BCUT2D eigenvalue weighted by molar-refractivity contribution is 8.90. The molecule has 1 heterocycles. The fourth-order valence-corrected chi connectivity index (χ4v) is 0.908. The van der Waals surface area contributed by atoms with Gasteiger partial charge in [-0.3, -0.25) is 0 Å². The van der Waals surface area contributed by atoms with Crippen molar-refractivity contribution in [3.05, 3.63) is 0 Å². The SMILES string of the molecule is NC1=NN=C[SH]1S. The molecule has 0 aliphatic carbocycles. The minimum atomic E-state index is -0.596. The van der Waals surface area contributed by atoms with E-state index in [4.69, 9.17) is 5.73 Å². The van der Waals surface area contributed by atoms with Crippen LogP contribution in [0.2, 0.25) is 0 Å². The highest BCUT2D eigenvalue weighted by Crippen LogP contribution is 2.29. The van der Waals surface area contributed by atoms with Crippen molar-refractivity contribution in [2.24, 2.45) is 15.9 Å². The molecule has 1 aliphatic rings. The van der Waals surface area contributed by atoms with E-state index in [0.29, 0.717) is 5.17 Å². The standard InChI is InChI=1S/C2H5N3S2/c3-2-5-4-1-7(2)6/h1,6-7H,(H2,3,5). The second-order valence-corrected chi connectivity index (χ2v) is 3.70. The zero-order chi connectivity index (χ0) is 5.28. The third kappa shape index (κ3) is 0.889. The molecule has 0 aromatic carbocycles. The second-order valence-electron chi connectivity index (χ2n) is 1.03. The highest BCUT2D eigenvalue weighted by Gasteiger charge is 2.02. The van der Waals surface area contributed by atoms with Gasteiger partial charge < -0.3 is 5.73 Å². The first-order valence-electron chi connectivity index (χ1n) is 1.65. The number of rotatable bonds is 0. The Morgan fingerprint density at radius 1 is 1.86 bits per heavy atom.